The van der Waals surface area contributed by atoms with Crippen molar-refractivity contribution in [3.63, 3.8) is 0 Å². The molecule has 3 heteroatoms. The molecule has 0 bridgehead atoms. The summed E-state index contributed by atoms with van der Waals surface area (Å²) in [6.45, 7) is 4.72. The van der Waals surface area contributed by atoms with Gasteiger partial charge in [-0.3, -0.25) is 4.68 Å². The van der Waals surface area contributed by atoms with Crippen LogP contribution >= 0.6 is 0 Å². The lowest BCUT2D eigenvalue weighted by Gasteiger charge is -2.03. The second-order valence-electron chi connectivity index (χ2n) is 4.17. The van der Waals surface area contributed by atoms with E-state index in [1.54, 1.807) is 0 Å². The Morgan fingerprint density at radius 1 is 1.25 bits per heavy atom. The third-order valence-electron chi connectivity index (χ3n) is 2.85. The minimum Gasteiger partial charge on any atom is -0.325 e. The molecule has 1 aromatic heterocycles. The molecule has 0 aliphatic carbocycles. The Balaban J connectivity index is 2.53. The second kappa shape index (κ2) is 4.10. The van der Waals surface area contributed by atoms with Gasteiger partial charge >= 0.3 is 0 Å². The Bertz CT molecular complexity index is 512. The second-order valence-corrected chi connectivity index (χ2v) is 4.17. The molecular weight excluding hydrogens is 198 g/mol. The van der Waals surface area contributed by atoms with Gasteiger partial charge in [0.05, 0.1) is 11.4 Å². The van der Waals surface area contributed by atoms with Gasteiger partial charge in [0, 0.05) is 19.2 Å². The zero-order valence-corrected chi connectivity index (χ0v) is 9.99. The van der Waals surface area contributed by atoms with Crippen molar-refractivity contribution in [2.75, 3.05) is 0 Å². The standard InChI is InChI=1S/C13H17N3/c1-9-4-5-10(2)12(6-9)13-7-11(8-14)16(3)15-13/h4-7H,8,14H2,1-3H3. The number of aryl methyl sites for hydroxylation is 3. The Hall–Kier alpha value is -1.61. The molecule has 16 heavy (non-hydrogen) atoms. The minimum atomic E-state index is 0.522. The quantitative estimate of drug-likeness (QED) is 0.834. The van der Waals surface area contributed by atoms with Crippen LogP contribution in [0.2, 0.25) is 0 Å². The first-order chi connectivity index (χ1) is 7.61. The molecule has 2 rings (SSSR count). The van der Waals surface area contributed by atoms with Crippen LogP contribution < -0.4 is 5.73 Å². The zero-order chi connectivity index (χ0) is 11.7. The fraction of sp³-hybridized carbons (Fsp3) is 0.308. The highest BCUT2D eigenvalue weighted by Crippen LogP contribution is 2.23. The van der Waals surface area contributed by atoms with Gasteiger partial charge in [0.25, 0.3) is 0 Å². The van der Waals surface area contributed by atoms with Crippen LogP contribution in [0.15, 0.2) is 24.3 Å². The van der Waals surface area contributed by atoms with Gasteiger partial charge in [-0.1, -0.05) is 17.7 Å². The highest BCUT2D eigenvalue weighted by molar-refractivity contribution is 5.64. The lowest BCUT2D eigenvalue weighted by molar-refractivity contribution is 0.714. The highest BCUT2D eigenvalue weighted by atomic mass is 15.3. The van der Waals surface area contributed by atoms with E-state index in [1.807, 2.05) is 11.7 Å². The molecule has 0 unspecified atom stereocenters. The van der Waals surface area contributed by atoms with Gasteiger partial charge in [-0.15, -0.1) is 0 Å². The van der Waals surface area contributed by atoms with E-state index in [2.05, 4.69) is 43.2 Å². The molecule has 0 radical (unpaired) electrons. The monoisotopic (exact) mass is 215 g/mol. The van der Waals surface area contributed by atoms with Gasteiger partial charge in [-0.05, 0) is 31.5 Å². The van der Waals surface area contributed by atoms with Crippen LogP contribution in [0.25, 0.3) is 11.3 Å². The molecule has 2 aromatic rings. The van der Waals surface area contributed by atoms with Crippen molar-refractivity contribution in [2.45, 2.75) is 20.4 Å². The average molecular weight is 215 g/mol. The van der Waals surface area contributed by atoms with E-state index in [-0.39, 0.29) is 0 Å². The Morgan fingerprint density at radius 3 is 2.62 bits per heavy atom. The maximum Gasteiger partial charge on any atom is 0.0929 e. The number of aromatic nitrogens is 2. The molecule has 0 fully saturated rings. The van der Waals surface area contributed by atoms with Gasteiger partial charge in [0.2, 0.25) is 0 Å². The van der Waals surface area contributed by atoms with Crippen LogP contribution in [0.3, 0.4) is 0 Å². The molecule has 0 spiro atoms. The maximum atomic E-state index is 5.65. The van der Waals surface area contributed by atoms with Crippen LogP contribution in [0.5, 0.6) is 0 Å². The average Bonchev–Trinajstić information content (AvgIpc) is 2.63. The molecule has 3 nitrogen and oxygen atoms in total. The molecule has 0 saturated carbocycles. The summed E-state index contributed by atoms with van der Waals surface area (Å²) < 4.78 is 1.84. The third-order valence-corrected chi connectivity index (χ3v) is 2.85. The van der Waals surface area contributed by atoms with Gasteiger partial charge in [-0.2, -0.15) is 5.10 Å². The number of benzene rings is 1. The summed E-state index contributed by atoms with van der Waals surface area (Å²) in [7, 11) is 1.93. The van der Waals surface area contributed by atoms with E-state index in [4.69, 9.17) is 5.73 Å². The number of hydrogen-bond acceptors (Lipinski definition) is 2. The van der Waals surface area contributed by atoms with Crippen molar-refractivity contribution < 1.29 is 0 Å². The predicted molar refractivity (Wildman–Crippen MR) is 66.0 cm³/mol. The molecule has 0 atom stereocenters. The molecule has 0 amide bonds. The first kappa shape index (κ1) is 10.9. The van der Waals surface area contributed by atoms with E-state index in [0.717, 1.165) is 11.4 Å². The predicted octanol–water partition coefficient (Wildman–Crippen LogP) is 2.16. The zero-order valence-electron chi connectivity index (χ0n) is 9.99. The molecule has 1 heterocycles. The van der Waals surface area contributed by atoms with Crippen LogP contribution in [0.1, 0.15) is 16.8 Å². The van der Waals surface area contributed by atoms with Crippen molar-refractivity contribution in [3.05, 3.63) is 41.1 Å². The number of rotatable bonds is 2. The van der Waals surface area contributed by atoms with Crippen molar-refractivity contribution in [3.8, 4) is 11.3 Å². The first-order valence-corrected chi connectivity index (χ1v) is 5.42. The van der Waals surface area contributed by atoms with Crippen molar-refractivity contribution in [1.82, 2.24) is 9.78 Å². The Kier molecular flexibility index (Phi) is 2.79. The fourth-order valence-electron chi connectivity index (χ4n) is 1.84. The smallest absolute Gasteiger partial charge is 0.0929 e. The van der Waals surface area contributed by atoms with E-state index >= 15 is 0 Å². The van der Waals surface area contributed by atoms with E-state index in [9.17, 15) is 0 Å². The van der Waals surface area contributed by atoms with Gasteiger partial charge in [0.1, 0.15) is 0 Å². The van der Waals surface area contributed by atoms with Crippen LogP contribution in [-0.4, -0.2) is 9.78 Å². The first-order valence-electron chi connectivity index (χ1n) is 5.42. The summed E-state index contributed by atoms with van der Waals surface area (Å²) in [5, 5.41) is 4.49. The van der Waals surface area contributed by atoms with Crippen molar-refractivity contribution >= 4 is 0 Å². The summed E-state index contributed by atoms with van der Waals surface area (Å²) in [5.41, 5.74) is 11.4. The summed E-state index contributed by atoms with van der Waals surface area (Å²) in [4.78, 5) is 0. The lowest BCUT2D eigenvalue weighted by Crippen LogP contribution is -2.03. The van der Waals surface area contributed by atoms with Crippen LogP contribution in [0.4, 0.5) is 0 Å². The topological polar surface area (TPSA) is 43.8 Å². The van der Waals surface area contributed by atoms with Crippen LogP contribution in [0, 0.1) is 13.8 Å². The number of nitrogens with zero attached hydrogens (tertiary/aromatic N) is 2. The SMILES string of the molecule is Cc1ccc(C)c(-c2cc(CN)n(C)n2)c1. The molecule has 2 N–H and O–H groups in total. The van der Waals surface area contributed by atoms with E-state index in [1.165, 1.54) is 16.7 Å². The molecular formula is C13H17N3. The van der Waals surface area contributed by atoms with Gasteiger partial charge in [-0.25, -0.2) is 0 Å². The number of hydrogen-bond donors (Lipinski definition) is 1. The molecule has 1 aromatic carbocycles. The third kappa shape index (κ3) is 1.86. The normalized spacial score (nSPS) is 10.8. The molecule has 84 valence electrons. The largest absolute Gasteiger partial charge is 0.325 e. The van der Waals surface area contributed by atoms with Crippen LogP contribution in [-0.2, 0) is 13.6 Å². The molecule has 0 aliphatic heterocycles. The van der Waals surface area contributed by atoms with E-state index < -0.39 is 0 Å². The summed E-state index contributed by atoms with van der Waals surface area (Å²) in [6.07, 6.45) is 0. The fourth-order valence-corrected chi connectivity index (χ4v) is 1.84. The number of nitrogens with two attached hydrogens (primary N) is 1. The summed E-state index contributed by atoms with van der Waals surface area (Å²) >= 11 is 0. The summed E-state index contributed by atoms with van der Waals surface area (Å²) in [6, 6.07) is 8.47. The van der Waals surface area contributed by atoms with Gasteiger partial charge in [0.15, 0.2) is 0 Å². The summed E-state index contributed by atoms with van der Waals surface area (Å²) in [5.74, 6) is 0. The maximum absolute atomic E-state index is 5.65. The molecule has 0 saturated heterocycles. The van der Waals surface area contributed by atoms with Gasteiger partial charge < -0.3 is 5.73 Å². The van der Waals surface area contributed by atoms with Crippen molar-refractivity contribution in [1.29, 1.82) is 0 Å². The van der Waals surface area contributed by atoms with E-state index in [0.29, 0.717) is 6.54 Å². The Labute approximate surface area is 95.9 Å². The molecule has 0 aliphatic rings. The Morgan fingerprint density at radius 2 is 2.00 bits per heavy atom. The minimum absolute atomic E-state index is 0.522. The highest BCUT2D eigenvalue weighted by Gasteiger charge is 2.08. The lowest BCUT2D eigenvalue weighted by atomic mass is 10.0. The van der Waals surface area contributed by atoms with Crippen molar-refractivity contribution in [2.24, 2.45) is 12.8 Å².